The van der Waals surface area contributed by atoms with Gasteiger partial charge in [-0.05, 0) is 37.1 Å². The fourth-order valence-corrected chi connectivity index (χ4v) is 1.64. The number of halogens is 1. The number of hydrogen-bond donors (Lipinski definition) is 0. The molecule has 0 atom stereocenters. The van der Waals surface area contributed by atoms with Crippen molar-refractivity contribution in [1.82, 2.24) is 9.97 Å². The highest BCUT2D eigenvalue weighted by Gasteiger charge is 2.05. The molecule has 0 saturated carbocycles. The van der Waals surface area contributed by atoms with Crippen molar-refractivity contribution in [2.75, 3.05) is 0 Å². The lowest BCUT2D eigenvalue weighted by atomic mass is 10.1. The standard InChI is InChI=1S/C12H11ClN2/c1-8-4-3-5-10(6-8)11-9(2)7-14-12(13)15-11/h3-7H,1-2H3. The number of benzene rings is 1. The molecule has 0 aliphatic carbocycles. The molecule has 0 saturated heterocycles. The van der Waals surface area contributed by atoms with Gasteiger partial charge in [0.05, 0.1) is 5.69 Å². The Hall–Kier alpha value is -1.41. The van der Waals surface area contributed by atoms with Gasteiger partial charge < -0.3 is 0 Å². The van der Waals surface area contributed by atoms with Crippen LogP contribution in [0.4, 0.5) is 0 Å². The van der Waals surface area contributed by atoms with Crippen LogP contribution in [0.15, 0.2) is 30.5 Å². The average Bonchev–Trinajstić information content (AvgIpc) is 2.22. The highest BCUT2D eigenvalue weighted by atomic mass is 35.5. The number of aryl methyl sites for hydroxylation is 2. The summed E-state index contributed by atoms with van der Waals surface area (Å²) < 4.78 is 0. The van der Waals surface area contributed by atoms with Crippen molar-refractivity contribution in [3.05, 3.63) is 46.9 Å². The van der Waals surface area contributed by atoms with Crippen LogP contribution in [-0.2, 0) is 0 Å². The van der Waals surface area contributed by atoms with E-state index in [1.54, 1.807) is 6.20 Å². The molecule has 1 heterocycles. The summed E-state index contributed by atoms with van der Waals surface area (Å²) in [5, 5.41) is 0.289. The Morgan fingerprint density at radius 2 is 2.00 bits per heavy atom. The minimum absolute atomic E-state index is 0.289. The van der Waals surface area contributed by atoms with Gasteiger partial charge in [-0.15, -0.1) is 0 Å². The summed E-state index contributed by atoms with van der Waals surface area (Å²) in [6.45, 7) is 4.04. The first-order chi connectivity index (χ1) is 7.16. The molecular formula is C12H11ClN2. The smallest absolute Gasteiger partial charge is 0.222 e. The van der Waals surface area contributed by atoms with Crippen molar-refractivity contribution in [3.8, 4) is 11.3 Å². The van der Waals surface area contributed by atoms with Crippen LogP contribution in [0.2, 0.25) is 5.28 Å². The first kappa shape index (κ1) is 10.1. The molecule has 0 aliphatic heterocycles. The van der Waals surface area contributed by atoms with E-state index in [0.29, 0.717) is 0 Å². The van der Waals surface area contributed by atoms with Crippen LogP contribution in [0, 0.1) is 13.8 Å². The van der Waals surface area contributed by atoms with Crippen LogP contribution in [0.5, 0.6) is 0 Å². The Labute approximate surface area is 94.0 Å². The summed E-state index contributed by atoms with van der Waals surface area (Å²) in [7, 11) is 0. The summed E-state index contributed by atoms with van der Waals surface area (Å²) in [6, 6.07) is 8.19. The minimum atomic E-state index is 0.289. The Morgan fingerprint density at radius 1 is 1.20 bits per heavy atom. The first-order valence-electron chi connectivity index (χ1n) is 4.73. The number of nitrogens with zero attached hydrogens (tertiary/aromatic N) is 2. The molecule has 0 N–H and O–H groups in total. The number of rotatable bonds is 1. The monoisotopic (exact) mass is 218 g/mol. The molecule has 2 rings (SSSR count). The molecule has 0 fully saturated rings. The molecular weight excluding hydrogens is 208 g/mol. The van der Waals surface area contributed by atoms with Crippen LogP contribution in [0.3, 0.4) is 0 Å². The van der Waals surface area contributed by atoms with E-state index in [1.165, 1.54) is 5.56 Å². The van der Waals surface area contributed by atoms with Gasteiger partial charge in [-0.2, -0.15) is 0 Å². The molecule has 0 aliphatic rings. The van der Waals surface area contributed by atoms with Gasteiger partial charge >= 0.3 is 0 Å². The lowest BCUT2D eigenvalue weighted by molar-refractivity contribution is 1.13. The zero-order valence-corrected chi connectivity index (χ0v) is 9.42. The van der Waals surface area contributed by atoms with Crippen molar-refractivity contribution >= 4 is 11.6 Å². The third-order valence-corrected chi connectivity index (χ3v) is 2.42. The lowest BCUT2D eigenvalue weighted by Crippen LogP contribution is -1.91. The minimum Gasteiger partial charge on any atom is -0.226 e. The summed E-state index contributed by atoms with van der Waals surface area (Å²) in [4.78, 5) is 8.18. The van der Waals surface area contributed by atoms with E-state index in [-0.39, 0.29) is 5.28 Å². The van der Waals surface area contributed by atoms with Crippen LogP contribution in [-0.4, -0.2) is 9.97 Å². The summed E-state index contributed by atoms with van der Waals surface area (Å²) in [6.07, 6.45) is 1.74. The zero-order chi connectivity index (χ0) is 10.8. The molecule has 76 valence electrons. The van der Waals surface area contributed by atoms with Gasteiger partial charge in [0, 0.05) is 11.8 Å². The second-order valence-corrected chi connectivity index (χ2v) is 3.88. The Balaban J connectivity index is 2.58. The van der Waals surface area contributed by atoms with Crippen LogP contribution < -0.4 is 0 Å². The third kappa shape index (κ3) is 2.16. The van der Waals surface area contributed by atoms with Crippen LogP contribution in [0.25, 0.3) is 11.3 Å². The molecule has 3 heteroatoms. The SMILES string of the molecule is Cc1cccc(-c2nc(Cl)ncc2C)c1. The van der Waals surface area contributed by atoms with Gasteiger partial charge in [-0.1, -0.05) is 23.8 Å². The molecule has 0 radical (unpaired) electrons. The maximum Gasteiger partial charge on any atom is 0.222 e. The summed E-state index contributed by atoms with van der Waals surface area (Å²) in [5.41, 5.74) is 4.22. The molecule has 0 amide bonds. The van der Waals surface area contributed by atoms with E-state index in [2.05, 4.69) is 29.0 Å². The van der Waals surface area contributed by atoms with Gasteiger partial charge in [0.1, 0.15) is 0 Å². The number of hydrogen-bond acceptors (Lipinski definition) is 2. The topological polar surface area (TPSA) is 25.8 Å². The molecule has 2 nitrogen and oxygen atoms in total. The Kier molecular flexibility index (Phi) is 2.69. The second-order valence-electron chi connectivity index (χ2n) is 3.54. The molecule has 2 aromatic rings. The Bertz CT molecular complexity index is 495. The predicted octanol–water partition coefficient (Wildman–Crippen LogP) is 3.41. The fraction of sp³-hybridized carbons (Fsp3) is 0.167. The highest BCUT2D eigenvalue weighted by molar-refractivity contribution is 6.28. The van der Waals surface area contributed by atoms with Gasteiger partial charge in [0.15, 0.2) is 0 Å². The molecule has 15 heavy (non-hydrogen) atoms. The normalized spacial score (nSPS) is 10.3. The highest BCUT2D eigenvalue weighted by Crippen LogP contribution is 2.22. The van der Waals surface area contributed by atoms with Crippen molar-refractivity contribution in [1.29, 1.82) is 0 Å². The van der Waals surface area contributed by atoms with E-state index in [0.717, 1.165) is 16.8 Å². The summed E-state index contributed by atoms with van der Waals surface area (Å²) >= 11 is 5.78. The van der Waals surface area contributed by atoms with E-state index < -0.39 is 0 Å². The van der Waals surface area contributed by atoms with E-state index >= 15 is 0 Å². The molecule has 0 spiro atoms. The zero-order valence-electron chi connectivity index (χ0n) is 8.66. The van der Waals surface area contributed by atoms with Gasteiger partial charge in [0.2, 0.25) is 5.28 Å². The maximum atomic E-state index is 5.78. The van der Waals surface area contributed by atoms with Gasteiger partial charge in [-0.3, -0.25) is 0 Å². The largest absolute Gasteiger partial charge is 0.226 e. The molecule has 1 aromatic carbocycles. The van der Waals surface area contributed by atoms with Gasteiger partial charge in [-0.25, -0.2) is 9.97 Å². The predicted molar refractivity (Wildman–Crippen MR) is 62.0 cm³/mol. The lowest BCUT2D eigenvalue weighted by Gasteiger charge is -2.05. The van der Waals surface area contributed by atoms with Crippen molar-refractivity contribution < 1.29 is 0 Å². The average molecular weight is 219 g/mol. The molecule has 1 aromatic heterocycles. The van der Waals surface area contributed by atoms with Crippen molar-refractivity contribution in [3.63, 3.8) is 0 Å². The van der Waals surface area contributed by atoms with E-state index in [1.807, 2.05) is 19.1 Å². The summed E-state index contributed by atoms with van der Waals surface area (Å²) in [5.74, 6) is 0. The van der Waals surface area contributed by atoms with Gasteiger partial charge in [0.25, 0.3) is 0 Å². The van der Waals surface area contributed by atoms with Crippen LogP contribution >= 0.6 is 11.6 Å². The first-order valence-corrected chi connectivity index (χ1v) is 5.11. The Morgan fingerprint density at radius 3 is 2.73 bits per heavy atom. The fourth-order valence-electron chi connectivity index (χ4n) is 1.51. The van der Waals surface area contributed by atoms with E-state index in [9.17, 15) is 0 Å². The van der Waals surface area contributed by atoms with Crippen LogP contribution in [0.1, 0.15) is 11.1 Å². The molecule has 0 bridgehead atoms. The van der Waals surface area contributed by atoms with Crippen molar-refractivity contribution in [2.24, 2.45) is 0 Å². The quantitative estimate of drug-likeness (QED) is 0.686. The second kappa shape index (κ2) is 3.99. The number of aromatic nitrogens is 2. The van der Waals surface area contributed by atoms with Crippen molar-refractivity contribution in [2.45, 2.75) is 13.8 Å². The maximum absolute atomic E-state index is 5.78. The molecule has 0 unspecified atom stereocenters. The third-order valence-electron chi connectivity index (χ3n) is 2.23. The van der Waals surface area contributed by atoms with E-state index in [4.69, 9.17) is 11.6 Å².